The Morgan fingerprint density at radius 3 is 2.55 bits per heavy atom. The van der Waals surface area contributed by atoms with Gasteiger partial charge in [-0.25, -0.2) is 0 Å². The average molecular weight is 405 g/mol. The van der Waals surface area contributed by atoms with Crippen LogP contribution in [0.2, 0.25) is 0 Å². The summed E-state index contributed by atoms with van der Waals surface area (Å²) in [6.07, 6.45) is 4.17. The fourth-order valence-electron chi connectivity index (χ4n) is 3.49. The number of nitrogens with one attached hydrogen (secondary N) is 2. The molecule has 1 aromatic carbocycles. The summed E-state index contributed by atoms with van der Waals surface area (Å²) in [7, 11) is 1.91. The molecule has 160 valence electrons. The van der Waals surface area contributed by atoms with Gasteiger partial charge in [0.2, 0.25) is 5.91 Å². The molecule has 1 saturated carbocycles. The van der Waals surface area contributed by atoms with Crippen molar-refractivity contribution < 1.29 is 23.8 Å². The third-order valence-corrected chi connectivity index (χ3v) is 5.61. The molecule has 4 rings (SSSR count). The van der Waals surface area contributed by atoms with Crippen molar-refractivity contribution in [3.8, 4) is 5.75 Å². The predicted molar refractivity (Wildman–Crippen MR) is 109 cm³/mol. The van der Waals surface area contributed by atoms with Crippen molar-refractivity contribution in [1.29, 1.82) is 0 Å². The standard InChI is InChI=1S/C11H18N2O3.C11H14O2/c1-12-7-4-15-10-8(5-16-9(7)10)13-11(14)6-2-3-6;1-3-9(2)13-11-6-4-5-10(7-11)8-12/h6-10,12H,2-5H2,1H3,(H,13,14);4-9H,3H2,1-2H3. The number of hydrogen-bond acceptors (Lipinski definition) is 6. The Bertz CT molecular complexity index is 694. The van der Waals surface area contributed by atoms with Crippen LogP contribution >= 0.6 is 0 Å². The number of amides is 1. The van der Waals surface area contributed by atoms with E-state index in [1.54, 1.807) is 12.1 Å². The number of aldehydes is 1. The number of carbonyl (C=O) groups excluding carboxylic acids is 2. The molecule has 2 aliphatic heterocycles. The fourth-order valence-corrected chi connectivity index (χ4v) is 3.49. The molecule has 7 nitrogen and oxygen atoms in total. The molecular formula is C22H32N2O5. The SMILES string of the molecule is CCC(C)Oc1cccc(C=O)c1.CNC1COC2C(NC(=O)C3CC3)COC12. The summed E-state index contributed by atoms with van der Waals surface area (Å²) in [5.41, 5.74) is 0.654. The van der Waals surface area contributed by atoms with Gasteiger partial charge in [-0.05, 0) is 45.4 Å². The molecule has 1 aromatic rings. The Labute approximate surface area is 172 Å². The smallest absolute Gasteiger partial charge is 0.223 e. The third kappa shape index (κ3) is 5.78. The topological polar surface area (TPSA) is 85.9 Å². The molecule has 0 radical (unpaired) electrons. The second-order valence-electron chi connectivity index (χ2n) is 7.91. The molecule has 3 aliphatic rings. The van der Waals surface area contributed by atoms with Gasteiger partial charge >= 0.3 is 0 Å². The largest absolute Gasteiger partial charge is 0.491 e. The first-order valence-corrected chi connectivity index (χ1v) is 10.5. The monoisotopic (exact) mass is 404 g/mol. The molecule has 7 heteroatoms. The summed E-state index contributed by atoms with van der Waals surface area (Å²) >= 11 is 0. The zero-order valence-electron chi connectivity index (χ0n) is 17.4. The van der Waals surface area contributed by atoms with Crippen molar-refractivity contribution in [2.75, 3.05) is 20.3 Å². The van der Waals surface area contributed by atoms with Crippen LogP contribution in [-0.4, -0.2) is 62.9 Å². The molecule has 3 fully saturated rings. The highest BCUT2D eigenvalue weighted by molar-refractivity contribution is 5.81. The first-order chi connectivity index (χ1) is 14.0. The van der Waals surface area contributed by atoms with E-state index in [2.05, 4.69) is 17.6 Å². The maximum atomic E-state index is 11.7. The minimum absolute atomic E-state index is 0.0279. The molecule has 0 spiro atoms. The maximum absolute atomic E-state index is 11.7. The highest BCUT2D eigenvalue weighted by atomic mass is 16.6. The number of fused-ring (bicyclic) bond motifs is 1. The Balaban J connectivity index is 0.000000170. The predicted octanol–water partition coefficient (Wildman–Crippen LogP) is 1.94. The Hall–Kier alpha value is -1.96. The zero-order chi connectivity index (χ0) is 20.8. The van der Waals surface area contributed by atoms with E-state index in [9.17, 15) is 9.59 Å². The highest BCUT2D eigenvalue weighted by Crippen LogP contribution is 2.31. The van der Waals surface area contributed by atoms with Gasteiger partial charge in [0.1, 0.15) is 24.2 Å². The molecule has 29 heavy (non-hydrogen) atoms. The number of likely N-dealkylation sites (N-methyl/N-ethyl adjacent to an activating group) is 1. The molecule has 0 bridgehead atoms. The minimum atomic E-state index is 0.0279. The second kappa shape index (κ2) is 10.2. The molecule has 5 unspecified atom stereocenters. The van der Waals surface area contributed by atoms with Crippen molar-refractivity contribution in [2.45, 2.75) is 63.5 Å². The van der Waals surface area contributed by atoms with Gasteiger partial charge in [0, 0.05) is 11.5 Å². The van der Waals surface area contributed by atoms with E-state index in [1.807, 2.05) is 26.1 Å². The number of hydrogen-bond donors (Lipinski definition) is 2. The van der Waals surface area contributed by atoms with Crippen LogP contribution in [0.1, 0.15) is 43.5 Å². The van der Waals surface area contributed by atoms with Gasteiger partial charge in [-0.3, -0.25) is 9.59 Å². The van der Waals surface area contributed by atoms with Crippen LogP contribution in [0, 0.1) is 5.92 Å². The summed E-state index contributed by atoms with van der Waals surface area (Å²) in [4.78, 5) is 22.1. The molecule has 5 atom stereocenters. The summed E-state index contributed by atoms with van der Waals surface area (Å²) in [6, 6.07) is 7.49. The lowest BCUT2D eigenvalue weighted by molar-refractivity contribution is -0.123. The first-order valence-electron chi connectivity index (χ1n) is 10.5. The minimum Gasteiger partial charge on any atom is -0.491 e. The van der Waals surface area contributed by atoms with E-state index < -0.39 is 0 Å². The molecule has 0 aromatic heterocycles. The van der Waals surface area contributed by atoms with Crippen molar-refractivity contribution in [3.63, 3.8) is 0 Å². The van der Waals surface area contributed by atoms with Gasteiger partial charge in [-0.2, -0.15) is 0 Å². The number of rotatable bonds is 7. The summed E-state index contributed by atoms with van der Waals surface area (Å²) in [6.45, 7) is 5.31. The van der Waals surface area contributed by atoms with E-state index in [0.717, 1.165) is 31.3 Å². The van der Waals surface area contributed by atoms with Gasteiger partial charge < -0.3 is 24.8 Å². The van der Waals surface area contributed by atoms with Crippen molar-refractivity contribution >= 4 is 12.2 Å². The van der Waals surface area contributed by atoms with Gasteiger partial charge in [-0.1, -0.05) is 19.1 Å². The highest BCUT2D eigenvalue weighted by Gasteiger charge is 2.48. The van der Waals surface area contributed by atoms with Crippen molar-refractivity contribution in [1.82, 2.24) is 10.6 Å². The van der Waals surface area contributed by atoms with Gasteiger partial charge in [-0.15, -0.1) is 0 Å². The van der Waals surface area contributed by atoms with Crippen LogP contribution in [0.4, 0.5) is 0 Å². The van der Waals surface area contributed by atoms with Crippen LogP contribution < -0.4 is 15.4 Å². The molecule has 2 heterocycles. The quantitative estimate of drug-likeness (QED) is 0.676. The molecule has 1 amide bonds. The van der Waals surface area contributed by atoms with Crippen LogP contribution in [-0.2, 0) is 14.3 Å². The average Bonchev–Trinajstić information content (AvgIpc) is 3.41. The molecule has 1 aliphatic carbocycles. The van der Waals surface area contributed by atoms with Crippen LogP contribution in [0.5, 0.6) is 5.75 Å². The number of carbonyl (C=O) groups is 2. The van der Waals surface area contributed by atoms with Crippen molar-refractivity contribution in [3.05, 3.63) is 29.8 Å². The van der Waals surface area contributed by atoms with Gasteiger partial charge in [0.05, 0.1) is 31.4 Å². The maximum Gasteiger partial charge on any atom is 0.223 e. The molecular weight excluding hydrogens is 372 g/mol. The van der Waals surface area contributed by atoms with Crippen LogP contribution in [0.3, 0.4) is 0 Å². The lowest BCUT2D eigenvalue weighted by Crippen LogP contribution is -2.45. The third-order valence-electron chi connectivity index (χ3n) is 5.61. The van der Waals surface area contributed by atoms with Gasteiger partial charge in [0.15, 0.2) is 0 Å². The molecule has 2 saturated heterocycles. The summed E-state index contributed by atoms with van der Waals surface area (Å²) in [5, 5.41) is 6.22. The fraction of sp³-hybridized carbons (Fsp3) is 0.636. The van der Waals surface area contributed by atoms with E-state index in [0.29, 0.717) is 18.8 Å². The van der Waals surface area contributed by atoms with E-state index in [4.69, 9.17) is 14.2 Å². The Kier molecular flexibility index (Phi) is 7.64. The van der Waals surface area contributed by atoms with Crippen LogP contribution in [0.25, 0.3) is 0 Å². The molecule has 2 N–H and O–H groups in total. The lowest BCUT2D eigenvalue weighted by Gasteiger charge is -2.17. The number of benzene rings is 1. The second-order valence-corrected chi connectivity index (χ2v) is 7.91. The van der Waals surface area contributed by atoms with E-state index in [-0.39, 0.29) is 42.2 Å². The van der Waals surface area contributed by atoms with Crippen molar-refractivity contribution in [2.24, 2.45) is 5.92 Å². The first kappa shape index (κ1) is 21.7. The Morgan fingerprint density at radius 1 is 1.24 bits per heavy atom. The van der Waals surface area contributed by atoms with E-state index in [1.165, 1.54) is 0 Å². The lowest BCUT2D eigenvalue weighted by atomic mass is 10.1. The van der Waals surface area contributed by atoms with Crippen LogP contribution in [0.15, 0.2) is 24.3 Å². The summed E-state index contributed by atoms with van der Waals surface area (Å²) in [5.74, 6) is 1.19. The summed E-state index contributed by atoms with van der Waals surface area (Å²) < 4.78 is 16.9. The number of ether oxygens (including phenoxy) is 3. The van der Waals surface area contributed by atoms with E-state index >= 15 is 0 Å². The Morgan fingerprint density at radius 2 is 1.93 bits per heavy atom. The normalized spacial score (nSPS) is 28.7. The zero-order valence-corrected chi connectivity index (χ0v) is 17.4. The van der Waals surface area contributed by atoms with Gasteiger partial charge in [0.25, 0.3) is 0 Å².